The largest absolute Gasteiger partial charge is 0.497 e. The van der Waals surface area contributed by atoms with Crippen molar-refractivity contribution in [3.63, 3.8) is 0 Å². The number of carbonyl (C=O) groups is 1. The molecule has 9 heteroatoms. The lowest BCUT2D eigenvalue weighted by Crippen LogP contribution is -2.26. The van der Waals surface area contributed by atoms with E-state index < -0.39 is 12.1 Å². The third-order valence-corrected chi connectivity index (χ3v) is 4.16. The lowest BCUT2D eigenvalue weighted by Gasteiger charge is -2.13. The summed E-state index contributed by atoms with van der Waals surface area (Å²) < 4.78 is 31.5. The molecule has 0 amide bonds. The maximum Gasteiger partial charge on any atom is 0.347 e. The van der Waals surface area contributed by atoms with Gasteiger partial charge in [-0.1, -0.05) is 5.16 Å². The molecule has 9 nitrogen and oxygen atoms in total. The van der Waals surface area contributed by atoms with Gasteiger partial charge in [0, 0.05) is 6.07 Å². The van der Waals surface area contributed by atoms with Crippen molar-refractivity contribution in [1.82, 2.24) is 10.1 Å². The monoisotopic (exact) mass is 414 g/mol. The molecule has 30 heavy (non-hydrogen) atoms. The van der Waals surface area contributed by atoms with Gasteiger partial charge in [0.1, 0.15) is 23.0 Å². The van der Waals surface area contributed by atoms with Crippen LogP contribution in [-0.4, -0.2) is 43.5 Å². The fraction of sp³-hybridized carbons (Fsp3) is 0.286. The first-order valence-electron chi connectivity index (χ1n) is 9.06. The molecule has 158 valence electrons. The van der Waals surface area contributed by atoms with Gasteiger partial charge in [-0.2, -0.15) is 4.98 Å². The Morgan fingerprint density at radius 3 is 2.30 bits per heavy atom. The van der Waals surface area contributed by atoms with Crippen molar-refractivity contribution in [2.45, 2.75) is 19.6 Å². The summed E-state index contributed by atoms with van der Waals surface area (Å²) in [7, 11) is 4.67. The van der Waals surface area contributed by atoms with Crippen molar-refractivity contribution in [2.24, 2.45) is 0 Å². The molecule has 2 aromatic carbocycles. The molecule has 1 aromatic heterocycles. The van der Waals surface area contributed by atoms with Gasteiger partial charge in [0.2, 0.25) is 5.82 Å². The van der Waals surface area contributed by atoms with E-state index in [9.17, 15) is 4.79 Å². The number of benzene rings is 2. The van der Waals surface area contributed by atoms with E-state index in [0.29, 0.717) is 34.4 Å². The van der Waals surface area contributed by atoms with Crippen molar-refractivity contribution < 1.29 is 33.0 Å². The first kappa shape index (κ1) is 21.0. The molecule has 0 aliphatic rings. The van der Waals surface area contributed by atoms with Gasteiger partial charge in [-0.3, -0.25) is 0 Å². The van der Waals surface area contributed by atoms with Crippen molar-refractivity contribution in [2.75, 3.05) is 21.3 Å². The Bertz CT molecular complexity index is 985. The van der Waals surface area contributed by atoms with Crippen LogP contribution in [0.1, 0.15) is 12.8 Å². The molecule has 0 aliphatic heterocycles. The van der Waals surface area contributed by atoms with E-state index in [1.165, 1.54) is 7.11 Å². The van der Waals surface area contributed by atoms with Crippen LogP contribution in [0.3, 0.4) is 0 Å². The molecule has 0 saturated carbocycles. The maximum absolute atomic E-state index is 12.2. The quantitative estimate of drug-likeness (QED) is 0.488. The zero-order valence-corrected chi connectivity index (χ0v) is 17.1. The minimum atomic E-state index is -0.817. The van der Waals surface area contributed by atoms with E-state index >= 15 is 0 Å². The summed E-state index contributed by atoms with van der Waals surface area (Å²) >= 11 is 0. The molecule has 0 fully saturated rings. The van der Waals surface area contributed by atoms with Gasteiger partial charge < -0.3 is 28.2 Å². The van der Waals surface area contributed by atoms with Crippen molar-refractivity contribution >= 4 is 5.97 Å². The molecule has 0 radical (unpaired) electrons. The Morgan fingerprint density at radius 1 is 0.967 bits per heavy atom. The Labute approximate surface area is 173 Å². The topological polar surface area (TPSA) is 102 Å². The molecular weight excluding hydrogens is 392 g/mol. The predicted octanol–water partition coefficient (Wildman–Crippen LogP) is 3.27. The van der Waals surface area contributed by atoms with Crippen LogP contribution in [0.2, 0.25) is 0 Å². The Kier molecular flexibility index (Phi) is 6.74. The number of esters is 1. The summed E-state index contributed by atoms with van der Waals surface area (Å²) in [5.74, 6) is 2.27. The average Bonchev–Trinajstić information content (AvgIpc) is 3.26. The number of carbonyl (C=O) groups excluding carboxylic acids is 1. The summed E-state index contributed by atoms with van der Waals surface area (Å²) in [5.41, 5.74) is 0.621. The minimum Gasteiger partial charge on any atom is -0.497 e. The molecule has 0 saturated heterocycles. The van der Waals surface area contributed by atoms with E-state index in [2.05, 4.69) is 10.1 Å². The SMILES string of the molecule is COc1ccc(OC(C)C(=O)OCc2nc(-c3ccc(OC)cc3OC)no2)cc1. The molecule has 1 heterocycles. The van der Waals surface area contributed by atoms with Crippen molar-refractivity contribution in [3.05, 3.63) is 48.4 Å². The number of hydrogen-bond donors (Lipinski definition) is 0. The van der Waals surface area contributed by atoms with Gasteiger partial charge in [-0.25, -0.2) is 4.79 Å². The van der Waals surface area contributed by atoms with E-state index in [1.54, 1.807) is 63.6 Å². The first-order chi connectivity index (χ1) is 14.5. The predicted molar refractivity (Wildman–Crippen MR) is 106 cm³/mol. The van der Waals surface area contributed by atoms with Crippen molar-refractivity contribution in [3.8, 4) is 34.4 Å². The third kappa shape index (κ3) is 4.99. The smallest absolute Gasteiger partial charge is 0.347 e. The number of nitrogens with zero attached hydrogens (tertiary/aromatic N) is 2. The van der Waals surface area contributed by atoms with Crippen molar-refractivity contribution in [1.29, 1.82) is 0 Å². The van der Waals surface area contributed by atoms with Crippen LogP contribution in [0, 0.1) is 0 Å². The zero-order chi connectivity index (χ0) is 21.5. The summed E-state index contributed by atoms with van der Waals surface area (Å²) in [6.07, 6.45) is -0.817. The molecule has 0 N–H and O–H groups in total. The molecule has 0 aliphatic carbocycles. The van der Waals surface area contributed by atoms with Crippen LogP contribution < -0.4 is 18.9 Å². The fourth-order valence-electron chi connectivity index (χ4n) is 2.56. The van der Waals surface area contributed by atoms with Crippen LogP contribution >= 0.6 is 0 Å². The van der Waals surface area contributed by atoms with E-state index in [0.717, 1.165) is 0 Å². The molecule has 1 atom stereocenters. The number of aromatic nitrogens is 2. The highest BCUT2D eigenvalue weighted by molar-refractivity contribution is 5.74. The standard InChI is InChI=1S/C21H22N2O7/c1-13(29-15-7-5-14(25-2)6-8-15)21(24)28-12-19-22-20(23-30-19)17-10-9-16(26-3)11-18(17)27-4/h5-11,13H,12H2,1-4H3. The van der Waals surface area contributed by atoms with Crippen LogP contribution in [0.15, 0.2) is 47.0 Å². The number of methoxy groups -OCH3 is 3. The van der Waals surface area contributed by atoms with Gasteiger partial charge in [-0.05, 0) is 43.3 Å². The summed E-state index contributed by atoms with van der Waals surface area (Å²) in [5, 5.41) is 3.92. The Balaban J connectivity index is 1.58. The highest BCUT2D eigenvalue weighted by Gasteiger charge is 2.19. The lowest BCUT2D eigenvalue weighted by atomic mass is 10.2. The van der Waals surface area contributed by atoms with Gasteiger partial charge in [-0.15, -0.1) is 0 Å². The van der Waals surface area contributed by atoms with Crippen LogP contribution in [0.4, 0.5) is 0 Å². The third-order valence-electron chi connectivity index (χ3n) is 4.16. The molecule has 1 unspecified atom stereocenters. The second-order valence-electron chi connectivity index (χ2n) is 6.12. The van der Waals surface area contributed by atoms with Gasteiger partial charge >= 0.3 is 5.97 Å². The molecule has 3 rings (SSSR count). The molecule has 3 aromatic rings. The number of ether oxygens (including phenoxy) is 5. The summed E-state index contributed by atoms with van der Waals surface area (Å²) in [4.78, 5) is 16.4. The summed E-state index contributed by atoms with van der Waals surface area (Å²) in [6, 6.07) is 12.1. The van der Waals surface area contributed by atoms with E-state index in [1.807, 2.05) is 0 Å². The van der Waals surface area contributed by atoms with Gasteiger partial charge in [0.05, 0.1) is 26.9 Å². The fourth-order valence-corrected chi connectivity index (χ4v) is 2.56. The van der Waals surface area contributed by atoms with Gasteiger partial charge in [0.15, 0.2) is 12.7 Å². The Morgan fingerprint density at radius 2 is 1.63 bits per heavy atom. The number of hydrogen-bond acceptors (Lipinski definition) is 9. The summed E-state index contributed by atoms with van der Waals surface area (Å²) in [6.45, 7) is 1.41. The average molecular weight is 414 g/mol. The van der Waals surface area contributed by atoms with Crippen LogP contribution in [-0.2, 0) is 16.1 Å². The molecule has 0 bridgehead atoms. The highest BCUT2D eigenvalue weighted by Crippen LogP contribution is 2.31. The minimum absolute atomic E-state index is 0.146. The lowest BCUT2D eigenvalue weighted by molar-refractivity contribution is -0.153. The van der Waals surface area contributed by atoms with E-state index in [4.69, 9.17) is 28.2 Å². The Hall–Kier alpha value is -3.75. The second-order valence-corrected chi connectivity index (χ2v) is 6.12. The van der Waals surface area contributed by atoms with Crippen LogP contribution in [0.25, 0.3) is 11.4 Å². The maximum atomic E-state index is 12.2. The molecule has 0 spiro atoms. The van der Waals surface area contributed by atoms with Crippen LogP contribution in [0.5, 0.6) is 23.0 Å². The first-order valence-corrected chi connectivity index (χ1v) is 9.06. The van der Waals surface area contributed by atoms with Gasteiger partial charge in [0.25, 0.3) is 5.89 Å². The number of rotatable bonds is 9. The normalized spacial score (nSPS) is 11.5. The second kappa shape index (κ2) is 9.64. The zero-order valence-electron chi connectivity index (χ0n) is 17.1. The molecular formula is C21H22N2O7. The highest BCUT2D eigenvalue weighted by atomic mass is 16.6. The van der Waals surface area contributed by atoms with E-state index in [-0.39, 0.29) is 12.5 Å².